The quantitative estimate of drug-likeness (QED) is 0.881. The number of aryl methyl sites for hydroxylation is 1. The highest BCUT2D eigenvalue weighted by atomic mass is 35.5. The van der Waals surface area contributed by atoms with E-state index in [1.165, 1.54) is 19.4 Å². The second-order valence-corrected chi connectivity index (χ2v) is 6.53. The number of piperidine rings is 1. The fourth-order valence-corrected chi connectivity index (χ4v) is 3.83. The molecule has 102 valence electrons. The maximum Gasteiger partial charge on any atom is 0.168 e. The molecule has 2 heterocycles. The molecule has 1 aromatic heterocycles. The number of nitrogens with zero attached hydrogens (tertiary/aromatic N) is 2. The largest absolute Gasteiger partial charge is 0.322 e. The van der Waals surface area contributed by atoms with E-state index in [9.17, 15) is 0 Å². The van der Waals surface area contributed by atoms with Gasteiger partial charge in [-0.1, -0.05) is 23.4 Å². The van der Waals surface area contributed by atoms with E-state index >= 15 is 0 Å². The lowest BCUT2D eigenvalue weighted by atomic mass is 10.0. The Morgan fingerprint density at radius 2 is 2.42 bits per heavy atom. The van der Waals surface area contributed by atoms with E-state index in [0.717, 1.165) is 39.4 Å². The number of halogens is 1. The predicted molar refractivity (Wildman–Crippen MR) is 82.0 cm³/mol. The Hall–Kier alpha value is -0.710. The van der Waals surface area contributed by atoms with Crippen molar-refractivity contribution < 1.29 is 0 Å². The van der Waals surface area contributed by atoms with Crippen molar-refractivity contribution >= 4 is 34.4 Å². The Balaban J connectivity index is 1.75. The van der Waals surface area contributed by atoms with Crippen LogP contribution in [0.1, 0.15) is 12.8 Å². The highest BCUT2D eigenvalue weighted by molar-refractivity contribution is 7.99. The van der Waals surface area contributed by atoms with Gasteiger partial charge >= 0.3 is 0 Å². The van der Waals surface area contributed by atoms with Gasteiger partial charge in [0.05, 0.1) is 11.0 Å². The first-order valence-electron chi connectivity index (χ1n) is 6.69. The Kier molecular flexibility index (Phi) is 4.01. The van der Waals surface area contributed by atoms with Crippen molar-refractivity contribution in [3.8, 4) is 0 Å². The summed E-state index contributed by atoms with van der Waals surface area (Å²) in [6.07, 6.45) is 2.62. The molecule has 2 aromatic rings. The van der Waals surface area contributed by atoms with Crippen molar-refractivity contribution in [1.82, 2.24) is 14.9 Å². The second-order valence-electron chi connectivity index (χ2n) is 5.11. The lowest BCUT2D eigenvalue weighted by molar-refractivity contribution is 0.410. The third-order valence-corrected chi connectivity index (χ3v) is 5.15. The van der Waals surface area contributed by atoms with E-state index in [4.69, 9.17) is 11.6 Å². The van der Waals surface area contributed by atoms with Crippen molar-refractivity contribution in [1.29, 1.82) is 0 Å². The predicted octanol–water partition coefficient (Wildman–Crippen LogP) is 3.32. The highest BCUT2D eigenvalue weighted by Crippen LogP contribution is 2.27. The molecule has 1 atom stereocenters. The zero-order valence-electron chi connectivity index (χ0n) is 11.0. The first-order chi connectivity index (χ1) is 9.24. The Bertz CT molecular complexity index is 575. The molecule has 1 aromatic carbocycles. The first-order valence-corrected chi connectivity index (χ1v) is 8.06. The average molecular weight is 296 g/mol. The molecule has 3 rings (SSSR count). The van der Waals surface area contributed by atoms with Crippen LogP contribution in [0, 0.1) is 5.92 Å². The van der Waals surface area contributed by atoms with Gasteiger partial charge in [-0.2, -0.15) is 0 Å². The van der Waals surface area contributed by atoms with Gasteiger partial charge in [0.15, 0.2) is 5.16 Å². The van der Waals surface area contributed by atoms with Crippen LogP contribution in [-0.4, -0.2) is 28.4 Å². The topological polar surface area (TPSA) is 29.9 Å². The van der Waals surface area contributed by atoms with Crippen molar-refractivity contribution in [3.05, 3.63) is 23.2 Å². The van der Waals surface area contributed by atoms with Crippen molar-refractivity contribution in [3.63, 3.8) is 0 Å². The maximum absolute atomic E-state index is 6.01. The number of fused-ring (bicyclic) bond motifs is 1. The Morgan fingerprint density at radius 3 is 3.21 bits per heavy atom. The second kappa shape index (κ2) is 5.73. The molecule has 0 radical (unpaired) electrons. The van der Waals surface area contributed by atoms with Gasteiger partial charge in [-0.15, -0.1) is 0 Å². The molecule has 19 heavy (non-hydrogen) atoms. The SMILES string of the molecule is Cn1c(SCC2CCCNC2)nc2cc(Cl)ccc21. The molecule has 1 saturated heterocycles. The molecule has 0 bridgehead atoms. The number of imidazole rings is 1. The minimum atomic E-state index is 0.749. The third-order valence-electron chi connectivity index (χ3n) is 3.65. The molecule has 0 spiro atoms. The molecule has 1 N–H and O–H groups in total. The molecule has 1 aliphatic heterocycles. The summed E-state index contributed by atoms with van der Waals surface area (Å²) >= 11 is 7.87. The summed E-state index contributed by atoms with van der Waals surface area (Å²) in [6.45, 7) is 2.31. The summed E-state index contributed by atoms with van der Waals surface area (Å²) in [4.78, 5) is 4.68. The van der Waals surface area contributed by atoms with Gasteiger partial charge in [0.25, 0.3) is 0 Å². The Labute approximate surface area is 122 Å². The zero-order valence-corrected chi connectivity index (χ0v) is 12.6. The molecular weight excluding hydrogens is 278 g/mol. The summed E-state index contributed by atoms with van der Waals surface area (Å²) in [7, 11) is 2.07. The molecule has 1 unspecified atom stereocenters. The van der Waals surface area contributed by atoms with Gasteiger partial charge in [0.2, 0.25) is 0 Å². The van der Waals surface area contributed by atoms with E-state index in [1.54, 1.807) is 0 Å². The fraction of sp³-hybridized carbons (Fsp3) is 0.500. The van der Waals surface area contributed by atoms with Crippen molar-refractivity contribution in [2.75, 3.05) is 18.8 Å². The van der Waals surface area contributed by atoms with Crippen molar-refractivity contribution in [2.24, 2.45) is 13.0 Å². The average Bonchev–Trinajstić information content (AvgIpc) is 2.74. The molecule has 3 nitrogen and oxygen atoms in total. The number of hydrogen-bond acceptors (Lipinski definition) is 3. The van der Waals surface area contributed by atoms with E-state index in [1.807, 2.05) is 30.0 Å². The van der Waals surface area contributed by atoms with Crippen LogP contribution < -0.4 is 5.32 Å². The minimum absolute atomic E-state index is 0.749. The molecule has 0 saturated carbocycles. The summed E-state index contributed by atoms with van der Waals surface area (Å²) in [6, 6.07) is 5.89. The number of thioether (sulfide) groups is 1. The van der Waals surface area contributed by atoms with Gasteiger partial charge in [-0.3, -0.25) is 0 Å². The lowest BCUT2D eigenvalue weighted by Gasteiger charge is -2.21. The first kappa shape index (κ1) is 13.3. The van der Waals surface area contributed by atoms with E-state index in [0.29, 0.717) is 0 Å². The number of rotatable bonds is 3. The van der Waals surface area contributed by atoms with Crippen LogP contribution >= 0.6 is 23.4 Å². The number of nitrogens with one attached hydrogen (secondary N) is 1. The standard InChI is InChI=1S/C14H18ClN3S/c1-18-13-5-4-11(15)7-12(13)17-14(18)19-9-10-3-2-6-16-8-10/h4-5,7,10,16H,2-3,6,8-9H2,1H3. The number of aromatic nitrogens is 2. The molecule has 1 fully saturated rings. The number of hydrogen-bond donors (Lipinski definition) is 1. The van der Waals surface area contributed by atoms with Crippen LogP contribution in [-0.2, 0) is 7.05 Å². The van der Waals surface area contributed by atoms with Crippen LogP contribution in [0.25, 0.3) is 11.0 Å². The maximum atomic E-state index is 6.01. The van der Waals surface area contributed by atoms with Crippen LogP contribution in [0.15, 0.2) is 23.4 Å². The highest BCUT2D eigenvalue weighted by Gasteiger charge is 2.15. The summed E-state index contributed by atoms with van der Waals surface area (Å²) < 4.78 is 2.16. The molecular formula is C14H18ClN3S. The normalized spacial score (nSPS) is 20.0. The van der Waals surface area contributed by atoms with Gasteiger partial charge in [0, 0.05) is 17.8 Å². The summed E-state index contributed by atoms with van der Waals surface area (Å²) in [5.74, 6) is 1.90. The summed E-state index contributed by atoms with van der Waals surface area (Å²) in [5, 5.41) is 5.30. The molecule has 0 amide bonds. The monoisotopic (exact) mass is 295 g/mol. The summed E-state index contributed by atoms with van der Waals surface area (Å²) in [5.41, 5.74) is 2.13. The van der Waals surface area contributed by atoms with Crippen LogP contribution in [0.4, 0.5) is 0 Å². The molecule has 5 heteroatoms. The number of benzene rings is 1. The van der Waals surface area contributed by atoms with Gasteiger partial charge in [-0.05, 0) is 50.0 Å². The molecule has 0 aliphatic carbocycles. The Morgan fingerprint density at radius 1 is 1.53 bits per heavy atom. The van der Waals surface area contributed by atoms with Crippen molar-refractivity contribution in [2.45, 2.75) is 18.0 Å². The van der Waals surface area contributed by atoms with Crippen LogP contribution in [0.3, 0.4) is 0 Å². The third kappa shape index (κ3) is 2.91. The van der Waals surface area contributed by atoms with Gasteiger partial charge in [-0.25, -0.2) is 4.98 Å². The zero-order chi connectivity index (χ0) is 13.2. The van der Waals surface area contributed by atoms with E-state index in [2.05, 4.69) is 21.9 Å². The van der Waals surface area contributed by atoms with Crippen LogP contribution in [0.5, 0.6) is 0 Å². The van der Waals surface area contributed by atoms with Gasteiger partial charge in [0.1, 0.15) is 0 Å². The van der Waals surface area contributed by atoms with Gasteiger partial charge < -0.3 is 9.88 Å². The smallest absolute Gasteiger partial charge is 0.168 e. The minimum Gasteiger partial charge on any atom is -0.322 e. The van der Waals surface area contributed by atoms with E-state index in [-0.39, 0.29) is 0 Å². The molecule has 1 aliphatic rings. The fourth-order valence-electron chi connectivity index (χ4n) is 2.54. The van der Waals surface area contributed by atoms with E-state index < -0.39 is 0 Å². The lowest BCUT2D eigenvalue weighted by Crippen LogP contribution is -2.30. The van der Waals surface area contributed by atoms with Crippen LogP contribution in [0.2, 0.25) is 5.02 Å².